The zero-order valence-electron chi connectivity index (χ0n) is 28.5. The van der Waals surface area contributed by atoms with E-state index in [2.05, 4.69) is 216 Å². The normalized spacial score (nSPS) is 11.5. The van der Waals surface area contributed by atoms with Crippen LogP contribution < -0.4 is 4.90 Å². The number of fused-ring (bicyclic) bond motifs is 6. The fourth-order valence-electron chi connectivity index (χ4n) is 8.02. The Morgan fingerprint density at radius 2 is 0.923 bits per heavy atom. The minimum Gasteiger partial charge on any atom is -0.310 e. The van der Waals surface area contributed by atoms with Crippen LogP contribution in [0.4, 0.5) is 17.1 Å². The van der Waals surface area contributed by atoms with Gasteiger partial charge in [0.05, 0.1) is 11.0 Å². The summed E-state index contributed by atoms with van der Waals surface area (Å²) in [5.41, 5.74) is 11.7. The molecule has 0 amide bonds. The second-order valence-corrected chi connectivity index (χ2v) is 13.3. The first-order valence-corrected chi connectivity index (χ1v) is 17.9. The summed E-state index contributed by atoms with van der Waals surface area (Å²) < 4.78 is 2.40. The van der Waals surface area contributed by atoms with Gasteiger partial charge in [0.25, 0.3) is 0 Å². The van der Waals surface area contributed by atoms with E-state index >= 15 is 0 Å². The third kappa shape index (κ3) is 4.96. The molecule has 10 aromatic rings. The average Bonchev–Trinajstić information content (AvgIpc) is 3.56. The van der Waals surface area contributed by atoms with Crippen LogP contribution in [-0.4, -0.2) is 4.57 Å². The molecular formula is C50H34N2. The van der Waals surface area contributed by atoms with Crippen LogP contribution in [0.5, 0.6) is 0 Å². The van der Waals surface area contributed by atoms with Crippen molar-refractivity contribution in [3.05, 3.63) is 206 Å². The van der Waals surface area contributed by atoms with Crippen molar-refractivity contribution in [2.24, 2.45) is 0 Å². The molecule has 1 heterocycles. The van der Waals surface area contributed by atoms with Gasteiger partial charge in [0.1, 0.15) is 0 Å². The lowest BCUT2D eigenvalue weighted by Gasteiger charge is -2.26. The van der Waals surface area contributed by atoms with Crippen molar-refractivity contribution in [1.82, 2.24) is 4.57 Å². The predicted molar refractivity (Wildman–Crippen MR) is 221 cm³/mol. The van der Waals surface area contributed by atoms with Gasteiger partial charge in [-0.2, -0.15) is 0 Å². The molecule has 9 aromatic carbocycles. The molecule has 2 nitrogen and oxygen atoms in total. The van der Waals surface area contributed by atoms with Gasteiger partial charge in [-0.3, -0.25) is 0 Å². The van der Waals surface area contributed by atoms with E-state index in [1.165, 1.54) is 65.6 Å². The molecule has 0 radical (unpaired) electrons. The summed E-state index contributed by atoms with van der Waals surface area (Å²) in [5, 5.41) is 7.56. The summed E-state index contributed by atoms with van der Waals surface area (Å²) in [6.45, 7) is 0. The van der Waals surface area contributed by atoms with Gasteiger partial charge in [-0.1, -0.05) is 140 Å². The maximum atomic E-state index is 2.40. The quantitative estimate of drug-likeness (QED) is 0.161. The van der Waals surface area contributed by atoms with E-state index in [9.17, 15) is 0 Å². The van der Waals surface area contributed by atoms with Crippen molar-refractivity contribution in [3.8, 4) is 27.9 Å². The summed E-state index contributed by atoms with van der Waals surface area (Å²) in [6, 6.07) is 74.6. The van der Waals surface area contributed by atoms with Crippen LogP contribution in [0.25, 0.3) is 71.3 Å². The number of benzene rings is 9. The highest BCUT2D eigenvalue weighted by Gasteiger charge is 2.20. The molecule has 10 rings (SSSR count). The second kappa shape index (κ2) is 12.5. The van der Waals surface area contributed by atoms with Crippen LogP contribution in [0.15, 0.2) is 206 Å². The lowest BCUT2D eigenvalue weighted by molar-refractivity contribution is 1.18. The number of anilines is 3. The summed E-state index contributed by atoms with van der Waals surface area (Å²) in [5.74, 6) is 0. The standard InChI is InChI=1S/C50H34N2/c1-4-15-35(16-5-1)43-25-14-26-49-50(43)47-34-41(31-32-48(47)52(49)39-20-8-3-9-21-39)51(38-18-6-2-7-19-38)40-29-27-36(28-30-40)46-33-37-17-10-11-22-42(37)44-23-12-13-24-45(44)46/h1-34H. The van der Waals surface area contributed by atoms with Crippen LogP contribution in [0.2, 0.25) is 0 Å². The van der Waals surface area contributed by atoms with Crippen LogP contribution >= 0.6 is 0 Å². The average molecular weight is 663 g/mol. The summed E-state index contributed by atoms with van der Waals surface area (Å²) in [4.78, 5) is 2.37. The Morgan fingerprint density at radius 1 is 0.327 bits per heavy atom. The third-order valence-corrected chi connectivity index (χ3v) is 10.4. The Balaban J connectivity index is 1.17. The van der Waals surface area contributed by atoms with Crippen molar-refractivity contribution >= 4 is 60.4 Å². The molecule has 244 valence electrons. The van der Waals surface area contributed by atoms with Crippen molar-refractivity contribution in [1.29, 1.82) is 0 Å². The molecule has 0 spiro atoms. The fourth-order valence-corrected chi connectivity index (χ4v) is 8.02. The second-order valence-electron chi connectivity index (χ2n) is 13.3. The molecule has 0 fully saturated rings. The van der Waals surface area contributed by atoms with Gasteiger partial charge < -0.3 is 9.47 Å². The molecule has 0 saturated carbocycles. The van der Waals surface area contributed by atoms with Gasteiger partial charge >= 0.3 is 0 Å². The molecule has 0 unspecified atom stereocenters. The molecule has 0 bridgehead atoms. The highest BCUT2D eigenvalue weighted by Crippen LogP contribution is 2.43. The highest BCUT2D eigenvalue weighted by molar-refractivity contribution is 6.17. The molecule has 0 aliphatic rings. The SMILES string of the molecule is c1ccc(-c2cccc3c2c2cc(N(c4ccccc4)c4ccc(-c5cc6ccccc6c6ccccc56)cc4)ccc2n3-c2ccccc2)cc1. The molecule has 0 N–H and O–H groups in total. The van der Waals surface area contributed by atoms with Crippen LogP contribution in [0.3, 0.4) is 0 Å². The Morgan fingerprint density at radius 3 is 1.69 bits per heavy atom. The fraction of sp³-hybridized carbons (Fsp3) is 0. The van der Waals surface area contributed by atoms with Gasteiger partial charge in [-0.25, -0.2) is 0 Å². The monoisotopic (exact) mass is 662 g/mol. The molecule has 0 aliphatic carbocycles. The van der Waals surface area contributed by atoms with Gasteiger partial charge in [-0.15, -0.1) is 0 Å². The van der Waals surface area contributed by atoms with Gasteiger partial charge in [-0.05, 0) is 111 Å². The van der Waals surface area contributed by atoms with E-state index < -0.39 is 0 Å². The van der Waals surface area contributed by atoms with Crippen molar-refractivity contribution in [3.63, 3.8) is 0 Å². The Hall–Kier alpha value is -6.90. The highest BCUT2D eigenvalue weighted by atomic mass is 15.1. The molecule has 52 heavy (non-hydrogen) atoms. The number of hydrogen-bond donors (Lipinski definition) is 0. The number of para-hydroxylation sites is 2. The molecule has 0 saturated heterocycles. The van der Waals surface area contributed by atoms with Gasteiger partial charge in [0, 0.05) is 33.5 Å². The lowest BCUT2D eigenvalue weighted by atomic mass is 9.93. The minimum absolute atomic E-state index is 1.11. The zero-order chi connectivity index (χ0) is 34.4. The van der Waals surface area contributed by atoms with Crippen molar-refractivity contribution in [2.45, 2.75) is 0 Å². The molecule has 0 aliphatic heterocycles. The maximum Gasteiger partial charge on any atom is 0.0547 e. The predicted octanol–water partition coefficient (Wildman–Crippen LogP) is 13.9. The van der Waals surface area contributed by atoms with Gasteiger partial charge in [0.2, 0.25) is 0 Å². The maximum absolute atomic E-state index is 2.40. The van der Waals surface area contributed by atoms with Crippen LogP contribution in [-0.2, 0) is 0 Å². The molecule has 1 aromatic heterocycles. The summed E-state index contributed by atoms with van der Waals surface area (Å²) >= 11 is 0. The smallest absolute Gasteiger partial charge is 0.0547 e. The summed E-state index contributed by atoms with van der Waals surface area (Å²) in [7, 11) is 0. The third-order valence-electron chi connectivity index (χ3n) is 10.4. The van der Waals surface area contributed by atoms with Crippen LogP contribution in [0, 0.1) is 0 Å². The lowest BCUT2D eigenvalue weighted by Crippen LogP contribution is -2.09. The Kier molecular flexibility index (Phi) is 7.18. The van der Waals surface area contributed by atoms with Gasteiger partial charge in [0.15, 0.2) is 0 Å². The number of nitrogens with zero attached hydrogens (tertiary/aromatic N) is 2. The van der Waals surface area contributed by atoms with E-state index in [0.717, 1.165) is 22.7 Å². The number of rotatable bonds is 6. The topological polar surface area (TPSA) is 8.17 Å². The minimum atomic E-state index is 1.11. The molecule has 0 atom stereocenters. The van der Waals surface area contributed by atoms with E-state index in [-0.39, 0.29) is 0 Å². The summed E-state index contributed by atoms with van der Waals surface area (Å²) in [6.07, 6.45) is 0. The van der Waals surface area contributed by atoms with Crippen molar-refractivity contribution < 1.29 is 0 Å². The molecule has 2 heteroatoms. The molecular weight excluding hydrogens is 629 g/mol. The Bertz CT molecular complexity index is 2870. The zero-order valence-corrected chi connectivity index (χ0v) is 28.5. The van der Waals surface area contributed by atoms with E-state index in [4.69, 9.17) is 0 Å². The first-order valence-electron chi connectivity index (χ1n) is 17.9. The van der Waals surface area contributed by atoms with E-state index in [1.807, 2.05) is 0 Å². The number of aromatic nitrogens is 1. The van der Waals surface area contributed by atoms with E-state index in [0.29, 0.717) is 0 Å². The van der Waals surface area contributed by atoms with Crippen molar-refractivity contribution in [2.75, 3.05) is 4.90 Å². The van der Waals surface area contributed by atoms with Crippen LogP contribution in [0.1, 0.15) is 0 Å². The first-order chi connectivity index (χ1) is 25.8. The van der Waals surface area contributed by atoms with E-state index in [1.54, 1.807) is 0 Å². The number of hydrogen-bond acceptors (Lipinski definition) is 1. The Labute approximate surface area is 303 Å². The largest absolute Gasteiger partial charge is 0.310 e. The first kappa shape index (κ1) is 30.0.